The fraction of sp³-hybridized carbons (Fsp3) is 0.250. The summed E-state index contributed by atoms with van der Waals surface area (Å²) in [7, 11) is 0. The molecule has 26 heavy (non-hydrogen) atoms. The maximum Gasteiger partial charge on any atom is 0.277 e. The Hall–Kier alpha value is -2.60. The molecule has 5 nitrogen and oxygen atoms in total. The van der Waals surface area contributed by atoms with E-state index in [-0.39, 0.29) is 11.2 Å². The number of rotatable bonds is 6. The van der Waals surface area contributed by atoms with E-state index in [1.54, 1.807) is 0 Å². The average Bonchev–Trinajstić information content (AvgIpc) is 3.05. The third-order valence-corrected chi connectivity index (χ3v) is 4.88. The van der Waals surface area contributed by atoms with Crippen LogP contribution in [0.25, 0.3) is 0 Å². The standard InChI is InChI=1S/C20H21N3O2S/c1-13-9-10-14(2)17(11-13)21-19(24)15(3)26-20-23-22-18(25-20)12-16-7-5-4-6-8-16/h4-11,15H,12H2,1-3H3,(H,21,24)/t15-/m1/s1. The zero-order valence-corrected chi connectivity index (χ0v) is 15.8. The van der Waals surface area contributed by atoms with Gasteiger partial charge in [0.25, 0.3) is 5.22 Å². The second-order valence-corrected chi connectivity index (χ2v) is 7.48. The van der Waals surface area contributed by atoms with E-state index in [1.165, 1.54) is 11.8 Å². The van der Waals surface area contributed by atoms with Gasteiger partial charge in [-0.15, -0.1) is 10.2 Å². The Morgan fingerprint density at radius 3 is 2.69 bits per heavy atom. The topological polar surface area (TPSA) is 68.0 Å². The van der Waals surface area contributed by atoms with Crippen LogP contribution in [0.15, 0.2) is 58.2 Å². The van der Waals surface area contributed by atoms with Crippen molar-refractivity contribution in [3.8, 4) is 0 Å². The molecule has 0 saturated heterocycles. The number of carbonyl (C=O) groups excluding carboxylic acids is 1. The smallest absolute Gasteiger partial charge is 0.277 e. The predicted octanol–water partition coefficient (Wildman–Crippen LogP) is 4.40. The van der Waals surface area contributed by atoms with Crippen LogP contribution < -0.4 is 5.32 Å². The predicted molar refractivity (Wildman–Crippen MR) is 103 cm³/mol. The molecule has 134 valence electrons. The van der Waals surface area contributed by atoms with Gasteiger partial charge in [0.2, 0.25) is 11.8 Å². The number of hydrogen-bond acceptors (Lipinski definition) is 5. The molecule has 1 heterocycles. The van der Waals surface area contributed by atoms with Crippen molar-refractivity contribution in [2.75, 3.05) is 5.32 Å². The zero-order chi connectivity index (χ0) is 18.5. The van der Waals surface area contributed by atoms with Crippen LogP contribution in [0.5, 0.6) is 0 Å². The number of aromatic nitrogens is 2. The van der Waals surface area contributed by atoms with Crippen LogP contribution in [-0.2, 0) is 11.2 Å². The van der Waals surface area contributed by atoms with E-state index in [4.69, 9.17) is 4.42 Å². The van der Waals surface area contributed by atoms with E-state index in [2.05, 4.69) is 15.5 Å². The molecule has 0 saturated carbocycles. The molecule has 0 aliphatic heterocycles. The van der Waals surface area contributed by atoms with Gasteiger partial charge in [-0.3, -0.25) is 4.79 Å². The maximum absolute atomic E-state index is 12.5. The minimum atomic E-state index is -0.347. The minimum absolute atomic E-state index is 0.0912. The maximum atomic E-state index is 12.5. The largest absolute Gasteiger partial charge is 0.416 e. The van der Waals surface area contributed by atoms with Crippen molar-refractivity contribution in [2.24, 2.45) is 0 Å². The summed E-state index contributed by atoms with van der Waals surface area (Å²) in [5, 5.41) is 11.1. The van der Waals surface area contributed by atoms with E-state index in [9.17, 15) is 4.79 Å². The summed E-state index contributed by atoms with van der Waals surface area (Å²) in [6.45, 7) is 5.80. The average molecular weight is 367 g/mol. The lowest BCUT2D eigenvalue weighted by molar-refractivity contribution is -0.115. The van der Waals surface area contributed by atoms with Crippen molar-refractivity contribution in [1.29, 1.82) is 0 Å². The second-order valence-electron chi connectivity index (χ2n) is 6.19. The van der Waals surface area contributed by atoms with Gasteiger partial charge in [-0.1, -0.05) is 54.2 Å². The number of nitrogens with zero attached hydrogens (tertiary/aromatic N) is 2. The Bertz CT molecular complexity index is 893. The summed E-state index contributed by atoms with van der Waals surface area (Å²) in [5.74, 6) is 0.451. The highest BCUT2D eigenvalue weighted by Crippen LogP contribution is 2.24. The minimum Gasteiger partial charge on any atom is -0.416 e. The molecular formula is C20H21N3O2S. The van der Waals surface area contributed by atoms with Gasteiger partial charge in [0, 0.05) is 5.69 Å². The van der Waals surface area contributed by atoms with Crippen LogP contribution in [-0.4, -0.2) is 21.4 Å². The molecule has 6 heteroatoms. The van der Waals surface area contributed by atoms with E-state index >= 15 is 0 Å². The summed E-state index contributed by atoms with van der Waals surface area (Å²) in [6.07, 6.45) is 0.581. The molecule has 3 aromatic rings. The number of aryl methyl sites for hydroxylation is 2. The normalized spacial score (nSPS) is 12.0. The lowest BCUT2D eigenvalue weighted by Gasteiger charge is -2.12. The summed E-state index contributed by atoms with van der Waals surface area (Å²) in [6, 6.07) is 15.9. The van der Waals surface area contributed by atoms with Gasteiger partial charge in [-0.05, 0) is 43.5 Å². The number of anilines is 1. The van der Waals surface area contributed by atoms with Crippen molar-refractivity contribution in [1.82, 2.24) is 10.2 Å². The quantitative estimate of drug-likeness (QED) is 0.654. The first-order chi connectivity index (χ1) is 12.5. The highest BCUT2D eigenvalue weighted by molar-refractivity contribution is 8.00. The Morgan fingerprint density at radius 1 is 1.15 bits per heavy atom. The Morgan fingerprint density at radius 2 is 1.92 bits per heavy atom. The molecule has 2 aromatic carbocycles. The van der Waals surface area contributed by atoms with E-state index < -0.39 is 0 Å². The number of hydrogen-bond donors (Lipinski definition) is 1. The molecule has 1 aromatic heterocycles. The molecule has 0 aliphatic carbocycles. The van der Waals surface area contributed by atoms with Crippen LogP contribution in [0.1, 0.15) is 29.5 Å². The van der Waals surface area contributed by atoms with Crippen LogP contribution in [0.3, 0.4) is 0 Å². The molecular weight excluding hydrogens is 346 g/mol. The first-order valence-electron chi connectivity index (χ1n) is 8.42. The molecule has 0 radical (unpaired) electrons. The first-order valence-corrected chi connectivity index (χ1v) is 9.30. The third kappa shape index (κ3) is 4.73. The summed E-state index contributed by atoms with van der Waals surface area (Å²) < 4.78 is 5.66. The van der Waals surface area contributed by atoms with Gasteiger partial charge >= 0.3 is 0 Å². The monoisotopic (exact) mass is 367 g/mol. The molecule has 0 unspecified atom stereocenters. The molecule has 0 aliphatic rings. The second kappa shape index (κ2) is 8.19. The van der Waals surface area contributed by atoms with E-state index in [1.807, 2.05) is 69.3 Å². The van der Waals surface area contributed by atoms with Crippen molar-refractivity contribution < 1.29 is 9.21 Å². The first kappa shape index (κ1) is 18.2. The van der Waals surface area contributed by atoms with Gasteiger partial charge in [0.15, 0.2) is 0 Å². The van der Waals surface area contributed by atoms with Gasteiger partial charge in [-0.25, -0.2) is 0 Å². The SMILES string of the molecule is Cc1ccc(C)c(NC(=O)[C@@H](C)Sc2nnc(Cc3ccccc3)o2)c1. The Kier molecular flexibility index (Phi) is 5.73. The number of benzene rings is 2. The summed E-state index contributed by atoms with van der Waals surface area (Å²) in [5.41, 5.74) is 4.07. The van der Waals surface area contributed by atoms with Crippen molar-refractivity contribution in [2.45, 2.75) is 37.7 Å². The highest BCUT2D eigenvalue weighted by atomic mass is 32.2. The number of carbonyl (C=O) groups is 1. The lowest BCUT2D eigenvalue weighted by atomic mass is 10.1. The summed E-state index contributed by atoms with van der Waals surface area (Å²) >= 11 is 1.26. The number of thioether (sulfide) groups is 1. The molecule has 0 spiro atoms. The fourth-order valence-electron chi connectivity index (χ4n) is 2.44. The molecule has 3 rings (SSSR count). The Balaban J connectivity index is 1.60. The van der Waals surface area contributed by atoms with Crippen LogP contribution in [0.2, 0.25) is 0 Å². The van der Waals surface area contributed by atoms with Gasteiger partial charge in [-0.2, -0.15) is 0 Å². The van der Waals surface area contributed by atoms with Crippen LogP contribution in [0, 0.1) is 13.8 Å². The highest BCUT2D eigenvalue weighted by Gasteiger charge is 2.19. The van der Waals surface area contributed by atoms with E-state index in [0.29, 0.717) is 17.5 Å². The van der Waals surface area contributed by atoms with Crippen LogP contribution in [0.4, 0.5) is 5.69 Å². The van der Waals surface area contributed by atoms with Gasteiger partial charge in [0.05, 0.1) is 11.7 Å². The number of amides is 1. The van der Waals surface area contributed by atoms with Gasteiger partial charge < -0.3 is 9.73 Å². The zero-order valence-electron chi connectivity index (χ0n) is 15.0. The van der Waals surface area contributed by atoms with E-state index in [0.717, 1.165) is 22.4 Å². The van der Waals surface area contributed by atoms with Crippen molar-refractivity contribution in [3.63, 3.8) is 0 Å². The molecule has 1 N–H and O–H groups in total. The summed E-state index contributed by atoms with van der Waals surface area (Å²) in [4.78, 5) is 12.5. The molecule has 1 amide bonds. The van der Waals surface area contributed by atoms with Gasteiger partial charge in [0.1, 0.15) is 0 Å². The van der Waals surface area contributed by atoms with Crippen molar-refractivity contribution in [3.05, 3.63) is 71.1 Å². The van der Waals surface area contributed by atoms with Crippen molar-refractivity contribution >= 4 is 23.4 Å². The lowest BCUT2D eigenvalue weighted by Crippen LogP contribution is -2.22. The third-order valence-electron chi connectivity index (χ3n) is 3.94. The van der Waals surface area contributed by atoms with Crippen LogP contribution >= 0.6 is 11.8 Å². The molecule has 1 atom stereocenters. The molecule has 0 bridgehead atoms. The number of nitrogens with one attached hydrogen (secondary N) is 1. The Labute approximate surface area is 157 Å². The fourth-order valence-corrected chi connectivity index (χ4v) is 3.14. The molecule has 0 fully saturated rings.